The van der Waals surface area contributed by atoms with Gasteiger partial charge in [0.15, 0.2) is 0 Å². The predicted molar refractivity (Wildman–Crippen MR) is 125 cm³/mol. The number of aromatic nitrogens is 2. The molecule has 2 heterocycles. The van der Waals surface area contributed by atoms with E-state index in [-0.39, 0.29) is 6.61 Å². The van der Waals surface area contributed by atoms with Crippen molar-refractivity contribution in [2.45, 2.75) is 24.8 Å². The molecule has 0 fully saturated rings. The summed E-state index contributed by atoms with van der Waals surface area (Å²) in [6.07, 6.45) is 4.11. The van der Waals surface area contributed by atoms with E-state index in [1.54, 1.807) is 30.1 Å². The lowest BCUT2D eigenvalue weighted by Crippen LogP contribution is -1.99. The van der Waals surface area contributed by atoms with E-state index < -0.39 is 6.67 Å². The van der Waals surface area contributed by atoms with Crippen molar-refractivity contribution >= 4 is 34.9 Å². The van der Waals surface area contributed by atoms with Gasteiger partial charge in [0.25, 0.3) is 0 Å². The molecule has 0 aliphatic heterocycles. The molecule has 2 aromatic heterocycles. The largest absolute Gasteiger partial charge is 0.491 e. The van der Waals surface area contributed by atoms with Crippen molar-refractivity contribution in [3.63, 3.8) is 0 Å². The molecular formula is C22H22FN3OS3. The molecule has 0 unspecified atom stereocenters. The Balaban J connectivity index is 1.95. The van der Waals surface area contributed by atoms with Gasteiger partial charge in [0.05, 0.1) is 5.56 Å². The summed E-state index contributed by atoms with van der Waals surface area (Å²) < 4.78 is 17.7. The van der Waals surface area contributed by atoms with Gasteiger partial charge in [-0.15, -0.1) is 11.3 Å². The number of hydrogen-bond donors (Lipinski definition) is 0. The standard InChI is InChI=1S/C22H22FN3OS3/c1-2-3-11-28-15-30-21-19(14-24)18(13-20(26-21)22-25-9-12-29-22)16-4-6-17(7-5-16)27-10-8-23/h4-7,9,12-13H,2-3,8,10-11,15H2,1H3. The van der Waals surface area contributed by atoms with E-state index >= 15 is 0 Å². The second kappa shape index (κ2) is 11.9. The summed E-state index contributed by atoms with van der Waals surface area (Å²) in [6.45, 7) is 1.68. The van der Waals surface area contributed by atoms with Gasteiger partial charge in [-0.2, -0.15) is 17.0 Å². The van der Waals surface area contributed by atoms with Gasteiger partial charge in [-0.1, -0.05) is 37.2 Å². The third-order valence-corrected chi connectivity index (χ3v) is 7.26. The fourth-order valence-corrected chi connectivity index (χ4v) is 5.52. The lowest BCUT2D eigenvalue weighted by molar-refractivity contribution is 0.273. The fraction of sp³-hybridized carbons (Fsp3) is 0.318. The van der Waals surface area contributed by atoms with Gasteiger partial charge in [0.2, 0.25) is 0 Å². The van der Waals surface area contributed by atoms with Crippen LogP contribution < -0.4 is 4.74 Å². The zero-order valence-electron chi connectivity index (χ0n) is 16.6. The first-order valence-corrected chi connectivity index (χ1v) is 12.6. The number of ether oxygens (including phenoxy) is 1. The molecular weight excluding hydrogens is 437 g/mol. The number of hydrogen-bond acceptors (Lipinski definition) is 7. The molecule has 0 amide bonds. The van der Waals surface area contributed by atoms with E-state index in [4.69, 9.17) is 9.72 Å². The topological polar surface area (TPSA) is 58.8 Å². The Labute approximate surface area is 188 Å². The highest BCUT2D eigenvalue weighted by atomic mass is 32.2. The quantitative estimate of drug-likeness (QED) is 0.181. The minimum absolute atomic E-state index is 0.0305. The highest BCUT2D eigenvalue weighted by molar-refractivity contribution is 8.15. The normalized spacial score (nSPS) is 10.7. The van der Waals surface area contributed by atoms with Crippen LogP contribution in [0.15, 0.2) is 46.9 Å². The molecule has 156 valence electrons. The second-order valence-corrected chi connectivity index (χ2v) is 9.60. The fourth-order valence-electron chi connectivity index (χ4n) is 2.71. The van der Waals surface area contributed by atoms with Crippen molar-refractivity contribution in [1.29, 1.82) is 5.26 Å². The zero-order chi connectivity index (χ0) is 21.2. The molecule has 3 rings (SSSR count). The summed E-state index contributed by atoms with van der Waals surface area (Å²) >= 11 is 4.98. The number of thioether (sulfide) groups is 2. The first-order valence-electron chi connectivity index (χ1n) is 9.61. The molecule has 30 heavy (non-hydrogen) atoms. The third-order valence-electron chi connectivity index (χ3n) is 4.18. The van der Waals surface area contributed by atoms with E-state index in [2.05, 4.69) is 18.0 Å². The van der Waals surface area contributed by atoms with Gasteiger partial charge in [0.1, 0.15) is 40.8 Å². The maximum absolute atomic E-state index is 12.3. The Morgan fingerprint density at radius 2 is 2.10 bits per heavy atom. The summed E-state index contributed by atoms with van der Waals surface area (Å²) in [4.78, 5) is 9.15. The molecule has 0 spiro atoms. The highest BCUT2D eigenvalue weighted by Gasteiger charge is 2.17. The molecule has 0 saturated heterocycles. The van der Waals surface area contributed by atoms with E-state index in [1.807, 2.05) is 35.3 Å². The average molecular weight is 460 g/mol. The number of nitriles is 1. The lowest BCUT2D eigenvalue weighted by Gasteiger charge is -2.12. The van der Waals surface area contributed by atoms with Gasteiger partial charge in [-0.05, 0) is 35.9 Å². The number of benzene rings is 1. The number of unbranched alkanes of at least 4 members (excludes halogenated alkanes) is 1. The molecule has 0 N–H and O–H groups in total. The molecule has 0 bridgehead atoms. The van der Waals surface area contributed by atoms with Crippen molar-refractivity contribution < 1.29 is 9.13 Å². The molecule has 0 radical (unpaired) electrons. The van der Waals surface area contributed by atoms with Gasteiger partial charge >= 0.3 is 0 Å². The van der Waals surface area contributed by atoms with Gasteiger partial charge in [-0.3, -0.25) is 0 Å². The minimum atomic E-state index is -0.529. The Morgan fingerprint density at radius 1 is 1.27 bits per heavy atom. The smallest absolute Gasteiger partial charge is 0.141 e. The van der Waals surface area contributed by atoms with Crippen LogP contribution in [0.5, 0.6) is 5.75 Å². The van der Waals surface area contributed by atoms with Crippen LogP contribution in [0.2, 0.25) is 0 Å². The summed E-state index contributed by atoms with van der Waals surface area (Å²) in [5, 5.41) is 14.2. The first-order chi connectivity index (χ1) is 14.8. The number of alkyl halides is 1. The van der Waals surface area contributed by atoms with Crippen molar-refractivity contribution in [1.82, 2.24) is 9.97 Å². The molecule has 1 aromatic carbocycles. The zero-order valence-corrected chi connectivity index (χ0v) is 19.1. The number of rotatable bonds is 11. The number of thiazole rings is 1. The number of halogens is 1. The van der Waals surface area contributed by atoms with Crippen LogP contribution in [-0.2, 0) is 0 Å². The molecule has 4 nitrogen and oxygen atoms in total. The van der Waals surface area contributed by atoms with Crippen LogP contribution in [0.3, 0.4) is 0 Å². The van der Waals surface area contributed by atoms with Crippen molar-refractivity contribution in [2.24, 2.45) is 0 Å². The molecule has 0 atom stereocenters. The van der Waals surface area contributed by atoms with Crippen LogP contribution >= 0.6 is 34.9 Å². The third kappa shape index (κ3) is 5.97. The maximum atomic E-state index is 12.3. The summed E-state index contributed by atoms with van der Waals surface area (Å²) in [5.74, 6) is 1.70. The van der Waals surface area contributed by atoms with E-state index in [1.165, 1.54) is 24.2 Å². The van der Waals surface area contributed by atoms with Crippen molar-refractivity contribution in [3.8, 4) is 33.6 Å². The van der Waals surface area contributed by atoms with Crippen LogP contribution in [0.1, 0.15) is 25.3 Å². The molecule has 0 aliphatic rings. The van der Waals surface area contributed by atoms with E-state index in [0.29, 0.717) is 11.3 Å². The summed E-state index contributed by atoms with van der Waals surface area (Å²) in [5.41, 5.74) is 3.03. The van der Waals surface area contributed by atoms with Gasteiger partial charge in [-0.25, -0.2) is 14.4 Å². The highest BCUT2D eigenvalue weighted by Crippen LogP contribution is 2.36. The Morgan fingerprint density at radius 3 is 2.77 bits per heavy atom. The van der Waals surface area contributed by atoms with Crippen molar-refractivity contribution in [2.75, 3.05) is 24.1 Å². The van der Waals surface area contributed by atoms with Crippen LogP contribution in [0.25, 0.3) is 21.8 Å². The predicted octanol–water partition coefficient (Wildman–Crippen LogP) is 6.67. The second-order valence-electron chi connectivity index (χ2n) is 6.27. The molecule has 8 heteroatoms. The van der Waals surface area contributed by atoms with Crippen LogP contribution in [0, 0.1) is 11.3 Å². The SMILES string of the molecule is CCCCSCSc1nc(-c2nccs2)cc(-c2ccc(OCCF)cc2)c1C#N. The van der Waals surface area contributed by atoms with Crippen LogP contribution in [0.4, 0.5) is 4.39 Å². The molecule has 0 saturated carbocycles. The number of nitrogens with zero attached hydrogens (tertiary/aromatic N) is 3. The first kappa shape index (κ1) is 22.6. The summed E-state index contributed by atoms with van der Waals surface area (Å²) in [6, 6.07) is 11.6. The number of pyridine rings is 1. The van der Waals surface area contributed by atoms with Gasteiger partial charge < -0.3 is 4.74 Å². The Hall–Kier alpha value is -2.08. The molecule has 3 aromatic rings. The van der Waals surface area contributed by atoms with E-state index in [0.717, 1.165) is 37.7 Å². The minimum Gasteiger partial charge on any atom is -0.491 e. The van der Waals surface area contributed by atoms with Crippen LogP contribution in [-0.4, -0.2) is 34.1 Å². The molecule has 0 aliphatic carbocycles. The average Bonchev–Trinajstić information content (AvgIpc) is 3.32. The van der Waals surface area contributed by atoms with Crippen molar-refractivity contribution in [3.05, 3.63) is 47.5 Å². The maximum Gasteiger partial charge on any atom is 0.141 e. The Kier molecular flexibility index (Phi) is 9.00. The monoisotopic (exact) mass is 459 g/mol. The summed E-state index contributed by atoms with van der Waals surface area (Å²) in [7, 11) is 0. The lowest BCUT2D eigenvalue weighted by atomic mass is 10.0. The van der Waals surface area contributed by atoms with E-state index in [9.17, 15) is 9.65 Å². The van der Waals surface area contributed by atoms with Gasteiger partial charge in [0, 0.05) is 22.2 Å². The Bertz CT molecular complexity index is 973.